The number of ketones is 1. The SMILES string of the molecule is CC(N)C(C)C(=O)Nc1ccc2c(c1)C(=O)CCC2.Cl. The van der Waals surface area contributed by atoms with E-state index in [1.165, 1.54) is 0 Å². The zero-order valence-electron chi connectivity index (χ0n) is 11.8. The molecule has 1 aromatic carbocycles. The lowest BCUT2D eigenvalue weighted by molar-refractivity contribution is -0.119. The van der Waals surface area contributed by atoms with Gasteiger partial charge in [0, 0.05) is 23.7 Å². The van der Waals surface area contributed by atoms with E-state index in [-0.39, 0.29) is 36.1 Å². The summed E-state index contributed by atoms with van der Waals surface area (Å²) in [5.41, 5.74) is 8.21. The Labute approximate surface area is 125 Å². The third-order valence-corrected chi connectivity index (χ3v) is 3.73. The molecular formula is C15H21ClN2O2. The molecule has 2 unspecified atom stereocenters. The Morgan fingerprint density at radius 2 is 2.00 bits per heavy atom. The van der Waals surface area contributed by atoms with Gasteiger partial charge in [0.1, 0.15) is 0 Å². The van der Waals surface area contributed by atoms with Crippen LogP contribution in [0.1, 0.15) is 42.6 Å². The van der Waals surface area contributed by atoms with Gasteiger partial charge >= 0.3 is 0 Å². The molecule has 1 aliphatic carbocycles. The molecule has 0 aromatic heterocycles. The fourth-order valence-corrected chi connectivity index (χ4v) is 2.20. The molecule has 3 N–H and O–H groups in total. The van der Waals surface area contributed by atoms with E-state index in [2.05, 4.69) is 5.32 Å². The quantitative estimate of drug-likeness (QED) is 0.900. The van der Waals surface area contributed by atoms with E-state index >= 15 is 0 Å². The van der Waals surface area contributed by atoms with Crippen molar-refractivity contribution in [3.63, 3.8) is 0 Å². The van der Waals surface area contributed by atoms with Crippen LogP contribution >= 0.6 is 12.4 Å². The van der Waals surface area contributed by atoms with E-state index in [1.54, 1.807) is 19.9 Å². The average Bonchev–Trinajstić information content (AvgIpc) is 2.38. The Hall–Kier alpha value is -1.39. The largest absolute Gasteiger partial charge is 0.327 e. The zero-order chi connectivity index (χ0) is 14.0. The van der Waals surface area contributed by atoms with Gasteiger partial charge in [-0.1, -0.05) is 13.0 Å². The van der Waals surface area contributed by atoms with Crippen LogP contribution in [0.15, 0.2) is 18.2 Å². The highest BCUT2D eigenvalue weighted by atomic mass is 35.5. The molecule has 20 heavy (non-hydrogen) atoms. The first-order valence-corrected chi connectivity index (χ1v) is 6.71. The van der Waals surface area contributed by atoms with Crippen molar-refractivity contribution in [2.45, 2.75) is 39.2 Å². The highest BCUT2D eigenvalue weighted by Crippen LogP contribution is 2.24. The number of carbonyl (C=O) groups excluding carboxylic acids is 2. The molecule has 0 saturated carbocycles. The van der Waals surface area contributed by atoms with Gasteiger partial charge in [-0.2, -0.15) is 0 Å². The normalized spacial score (nSPS) is 16.6. The van der Waals surface area contributed by atoms with Gasteiger partial charge in [0.05, 0.1) is 5.92 Å². The topological polar surface area (TPSA) is 72.2 Å². The van der Waals surface area contributed by atoms with Gasteiger partial charge in [0.2, 0.25) is 5.91 Å². The number of aryl methyl sites for hydroxylation is 1. The third kappa shape index (κ3) is 3.58. The first kappa shape index (κ1) is 16.7. The number of fused-ring (bicyclic) bond motifs is 1. The first-order chi connectivity index (χ1) is 8.99. The van der Waals surface area contributed by atoms with Crippen molar-refractivity contribution in [2.75, 3.05) is 5.32 Å². The predicted octanol–water partition coefficient (Wildman–Crippen LogP) is 2.55. The van der Waals surface area contributed by atoms with Crippen LogP contribution in [0.4, 0.5) is 5.69 Å². The molecule has 2 rings (SSSR count). The molecule has 0 spiro atoms. The minimum absolute atomic E-state index is 0. The molecular weight excluding hydrogens is 276 g/mol. The second-order valence-corrected chi connectivity index (χ2v) is 5.29. The Bertz CT molecular complexity index is 515. The number of amides is 1. The van der Waals surface area contributed by atoms with E-state index in [0.717, 1.165) is 24.0 Å². The number of hydrogen-bond donors (Lipinski definition) is 2. The van der Waals surface area contributed by atoms with Gasteiger partial charge in [-0.3, -0.25) is 9.59 Å². The Kier molecular flexibility index (Phi) is 5.72. The second-order valence-electron chi connectivity index (χ2n) is 5.29. The number of rotatable bonds is 3. The summed E-state index contributed by atoms with van der Waals surface area (Å²) < 4.78 is 0. The van der Waals surface area contributed by atoms with Crippen molar-refractivity contribution in [3.05, 3.63) is 29.3 Å². The number of anilines is 1. The van der Waals surface area contributed by atoms with Crippen LogP contribution in [0.5, 0.6) is 0 Å². The maximum absolute atomic E-state index is 11.9. The van der Waals surface area contributed by atoms with Crippen molar-refractivity contribution >= 4 is 29.8 Å². The minimum Gasteiger partial charge on any atom is -0.327 e. The lowest BCUT2D eigenvalue weighted by atomic mass is 9.90. The fourth-order valence-electron chi connectivity index (χ4n) is 2.20. The van der Waals surface area contributed by atoms with Crippen LogP contribution in [0.25, 0.3) is 0 Å². The molecule has 5 heteroatoms. The van der Waals surface area contributed by atoms with Crippen LogP contribution in [0, 0.1) is 5.92 Å². The maximum atomic E-state index is 11.9. The number of benzene rings is 1. The zero-order valence-corrected chi connectivity index (χ0v) is 12.6. The van der Waals surface area contributed by atoms with Gasteiger partial charge in [0.15, 0.2) is 5.78 Å². The van der Waals surface area contributed by atoms with E-state index in [4.69, 9.17) is 5.73 Å². The fraction of sp³-hybridized carbons (Fsp3) is 0.467. The molecule has 0 radical (unpaired) electrons. The van der Waals surface area contributed by atoms with E-state index in [9.17, 15) is 9.59 Å². The number of nitrogens with two attached hydrogens (primary N) is 1. The maximum Gasteiger partial charge on any atom is 0.228 e. The summed E-state index contributed by atoms with van der Waals surface area (Å²) in [7, 11) is 0. The molecule has 0 saturated heterocycles. The van der Waals surface area contributed by atoms with Crippen LogP contribution in [-0.4, -0.2) is 17.7 Å². The Morgan fingerprint density at radius 1 is 1.30 bits per heavy atom. The summed E-state index contributed by atoms with van der Waals surface area (Å²) in [6.07, 6.45) is 2.45. The van der Waals surface area contributed by atoms with Gasteiger partial charge in [-0.25, -0.2) is 0 Å². The molecule has 1 aliphatic rings. The second kappa shape index (κ2) is 6.86. The number of nitrogens with one attached hydrogen (secondary N) is 1. The van der Waals surface area contributed by atoms with Crippen molar-refractivity contribution in [1.82, 2.24) is 0 Å². The minimum atomic E-state index is -0.258. The van der Waals surface area contributed by atoms with Gasteiger partial charge < -0.3 is 11.1 Å². The van der Waals surface area contributed by atoms with Gasteiger partial charge in [-0.15, -0.1) is 12.4 Å². The Balaban J connectivity index is 0.00000200. The predicted molar refractivity (Wildman–Crippen MR) is 82.4 cm³/mol. The summed E-state index contributed by atoms with van der Waals surface area (Å²) in [5, 5.41) is 2.82. The summed E-state index contributed by atoms with van der Waals surface area (Å²) in [6, 6.07) is 5.36. The van der Waals surface area contributed by atoms with E-state index < -0.39 is 0 Å². The third-order valence-electron chi connectivity index (χ3n) is 3.73. The lowest BCUT2D eigenvalue weighted by Gasteiger charge is -2.18. The Morgan fingerprint density at radius 3 is 2.65 bits per heavy atom. The van der Waals surface area contributed by atoms with Crippen LogP contribution in [0.2, 0.25) is 0 Å². The molecule has 110 valence electrons. The number of Topliss-reactive ketones (excluding diaryl/α,β-unsaturated/α-hetero) is 1. The molecule has 1 amide bonds. The molecule has 0 aliphatic heterocycles. The number of carbonyl (C=O) groups is 2. The molecule has 1 aromatic rings. The molecule has 0 bridgehead atoms. The molecule has 0 heterocycles. The molecule has 2 atom stereocenters. The molecule has 0 fully saturated rings. The van der Waals surface area contributed by atoms with Crippen molar-refractivity contribution in [3.8, 4) is 0 Å². The van der Waals surface area contributed by atoms with Crippen LogP contribution < -0.4 is 11.1 Å². The standard InChI is InChI=1S/C15H20N2O2.ClH/c1-9(10(2)16)15(19)17-12-7-6-11-4-3-5-14(18)13(11)8-12;/h6-10H,3-5,16H2,1-2H3,(H,17,19);1H. The van der Waals surface area contributed by atoms with Gasteiger partial charge in [-0.05, 0) is 37.5 Å². The number of hydrogen-bond acceptors (Lipinski definition) is 3. The van der Waals surface area contributed by atoms with Crippen LogP contribution in [-0.2, 0) is 11.2 Å². The highest BCUT2D eigenvalue weighted by Gasteiger charge is 2.20. The average molecular weight is 297 g/mol. The lowest BCUT2D eigenvalue weighted by Crippen LogP contribution is -2.34. The smallest absolute Gasteiger partial charge is 0.228 e. The van der Waals surface area contributed by atoms with Crippen molar-refractivity contribution < 1.29 is 9.59 Å². The summed E-state index contributed by atoms with van der Waals surface area (Å²) in [4.78, 5) is 23.8. The van der Waals surface area contributed by atoms with E-state index in [1.807, 2.05) is 12.1 Å². The summed E-state index contributed by atoms with van der Waals surface area (Å²) in [6.45, 7) is 3.60. The summed E-state index contributed by atoms with van der Waals surface area (Å²) >= 11 is 0. The monoisotopic (exact) mass is 296 g/mol. The van der Waals surface area contributed by atoms with Gasteiger partial charge in [0.25, 0.3) is 0 Å². The summed E-state index contributed by atoms with van der Waals surface area (Å²) in [5.74, 6) is -0.206. The van der Waals surface area contributed by atoms with Crippen LogP contribution in [0.3, 0.4) is 0 Å². The molecule has 4 nitrogen and oxygen atoms in total. The number of halogens is 1. The van der Waals surface area contributed by atoms with Crippen molar-refractivity contribution in [2.24, 2.45) is 11.7 Å². The van der Waals surface area contributed by atoms with E-state index in [0.29, 0.717) is 12.1 Å². The van der Waals surface area contributed by atoms with Crippen molar-refractivity contribution in [1.29, 1.82) is 0 Å². The highest BCUT2D eigenvalue weighted by molar-refractivity contribution is 6.00. The first-order valence-electron chi connectivity index (χ1n) is 6.71.